The van der Waals surface area contributed by atoms with Gasteiger partial charge in [-0.25, -0.2) is 0 Å². The summed E-state index contributed by atoms with van der Waals surface area (Å²) in [6.07, 6.45) is 0.0993. The quantitative estimate of drug-likeness (QED) is 0.809. The average molecular weight is 297 g/mol. The van der Waals surface area contributed by atoms with Crippen LogP contribution in [0.5, 0.6) is 5.75 Å². The van der Waals surface area contributed by atoms with Crippen molar-refractivity contribution in [1.29, 1.82) is 0 Å². The minimum Gasteiger partial charge on any atom is -0.491 e. The van der Waals surface area contributed by atoms with Gasteiger partial charge >= 0.3 is 5.97 Å². The summed E-state index contributed by atoms with van der Waals surface area (Å²) in [4.78, 5) is 22.0. The molecule has 1 aromatic carbocycles. The van der Waals surface area contributed by atoms with E-state index in [1.54, 1.807) is 12.1 Å². The third kappa shape index (κ3) is 5.97. The van der Waals surface area contributed by atoms with Gasteiger partial charge in [0.15, 0.2) is 0 Å². The molecule has 0 radical (unpaired) electrons. The molecule has 0 aliphatic heterocycles. The predicted molar refractivity (Wildman–Crippen MR) is 80.5 cm³/mol. The summed E-state index contributed by atoms with van der Waals surface area (Å²) in [5.74, 6) is -0.328. The molecule has 20 heavy (non-hydrogen) atoms. The van der Waals surface area contributed by atoms with Crippen LogP contribution in [-0.4, -0.2) is 34.6 Å². The van der Waals surface area contributed by atoms with Crippen LogP contribution < -0.4 is 10.1 Å². The third-order valence-corrected chi connectivity index (χ3v) is 3.22. The van der Waals surface area contributed by atoms with Crippen LogP contribution in [0, 0.1) is 6.92 Å². The number of carbonyl (C=O) groups excluding carboxylic acids is 1. The highest BCUT2D eigenvalue weighted by atomic mass is 32.2. The first-order valence-electron chi connectivity index (χ1n) is 6.25. The van der Waals surface area contributed by atoms with Crippen molar-refractivity contribution in [2.45, 2.75) is 26.9 Å². The maximum atomic E-state index is 11.7. The van der Waals surface area contributed by atoms with Crippen molar-refractivity contribution in [2.75, 3.05) is 16.8 Å². The number of ether oxygens (including phenoxy) is 1. The molecule has 2 N–H and O–H groups in total. The molecule has 1 amide bonds. The number of carbonyl (C=O) groups is 2. The lowest BCUT2D eigenvalue weighted by Gasteiger charge is -2.13. The van der Waals surface area contributed by atoms with Crippen LogP contribution in [0.1, 0.15) is 19.4 Å². The second kappa shape index (κ2) is 7.79. The van der Waals surface area contributed by atoms with Crippen molar-refractivity contribution in [3.05, 3.63) is 23.8 Å². The van der Waals surface area contributed by atoms with E-state index in [-0.39, 0.29) is 23.5 Å². The number of benzene rings is 1. The SMILES string of the molecule is Cc1cc(OC(C)C)ccc1NC(=O)CSCC(=O)O. The molecule has 1 rings (SSSR count). The van der Waals surface area contributed by atoms with E-state index in [4.69, 9.17) is 9.84 Å². The molecule has 0 saturated carbocycles. The first-order valence-corrected chi connectivity index (χ1v) is 7.40. The summed E-state index contributed by atoms with van der Waals surface area (Å²) in [5.41, 5.74) is 1.61. The molecule has 0 atom stereocenters. The molecule has 110 valence electrons. The van der Waals surface area contributed by atoms with Gasteiger partial charge in [-0.15, -0.1) is 11.8 Å². The van der Waals surface area contributed by atoms with Crippen molar-refractivity contribution in [3.63, 3.8) is 0 Å². The first kappa shape index (κ1) is 16.4. The summed E-state index contributed by atoms with van der Waals surface area (Å²) < 4.78 is 5.56. The van der Waals surface area contributed by atoms with Crippen LogP contribution in [0.3, 0.4) is 0 Å². The molecule has 0 aromatic heterocycles. The fraction of sp³-hybridized carbons (Fsp3) is 0.429. The van der Waals surface area contributed by atoms with Gasteiger partial charge in [-0.1, -0.05) is 0 Å². The van der Waals surface area contributed by atoms with Gasteiger partial charge in [-0.05, 0) is 44.5 Å². The Kier molecular flexibility index (Phi) is 6.38. The number of nitrogens with one attached hydrogen (secondary N) is 1. The van der Waals surface area contributed by atoms with E-state index in [9.17, 15) is 9.59 Å². The Bertz CT molecular complexity index is 488. The normalized spacial score (nSPS) is 10.4. The number of hydrogen-bond donors (Lipinski definition) is 2. The van der Waals surface area contributed by atoms with Crippen LogP contribution in [-0.2, 0) is 9.59 Å². The van der Waals surface area contributed by atoms with Crippen LogP contribution in [0.25, 0.3) is 0 Å². The maximum Gasteiger partial charge on any atom is 0.313 e. The lowest BCUT2D eigenvalue weighted by atomic mass is 10.2. The van der Waals surface area contributed by atoms with Gasteiger partial charge in [0.1, 0.15) is 5.75 Å². The highest BCUT2D eigenvalue weighted by Crippen LogP contribution is 2.22. The number of amides is 1. The summed E-state index contributed by atoms with van der Waals surface area (Å²) in [7, 11) is 0. The lowest BCUT2D eigenvalue weighted by molar-refractivity contribution is -0.133. The topological polar surface area (TPSA) is 75.6 Å². The zero-order chi connectivity index (χ0) is 15.1. The molecule has 0 aliphatic rings. The van der Waals surface area contributed by atoms with Gasteiger partial charge in [0, 0.05) is 5.69 Å². The zero-order valence-corrected chi connectivity index (χ0v) is 12.6. The van der Waals surface area contributed by atoms with Gasteiger partial charge in [-0.2, -0.15) is 0 Å². The Balaban J connectivity index is 2.55. The zero-order valence-electron chi connectivity index (χ0n) is 11.8. The average Bonchev–Trinajstić information content (AvgIpc) is 2.31. The molecule has 0 fully saturated rings. The maximum absolute atomic E-state index is 11.7. The number of carboxylic acids is 1. The summed E-state index contributed by atoms with van der Waals surface area (Å²) in [5, 5.41) is 11.3. The van der Waals surface area contributed by atoms with E-state index in [0.717, 1.165) is 23.1 Å². The van der Waals surface area contributed by atoms with Gasteiger partial charge in [-0.3, -0.25) is 9.59 Å². The smallest absolute Gasteiger partial charge is 0.313 e. The van der Waals surface area contributed by atoms with Crippen LogP contribution >= 0.6 is 11.8 Å². The van der Waals surface area contributed by atoms with E-state index in [1.807, 2.05) is 26.8 Å². The molecule has 0 bridgehead atoms. The molecule has 1 aromatic rings. The molecule has 0 unspecified atom stereocenters. The van der Waals surface area contributed by atoms with Gasteiger partial charge in [0.25, 0.3) is 0 Å². The molecule has 5 nitrogen and oxygen atoms in total. The number of anilines is 1. The number of rotatable bonds is 7. The summed E-state index contributed by atoms with van der Waals surface area (Å²) >= 11 is 1.07. The molecule has 0 spiro atoms. The van der Waals surface area contributed by atoms with E-state index in [0.29, 0.717) is 5.69 Å². The van der Waals surface area contributed by atoms with Gasteiger partial charge in [0.05, 0.1) is 17.6 Å². The van der Waals surface area contributed by atoms with E-state index < -0.39 is 5.97 Å². The van der Waals surface area contributed by atoms with E-state index in [2.05, 4.69) is 5.32 Å². The fourth-order valence-electron chi connectivity index (χ4n) is 1.54. The monoisotopic (exact) mass is 297 g/mol. The van der Waals surface area contributed by atoms with Crippen molar-refractivity contribution in [1.82, 2.24) is 0 Å². The van der Waals surface area contributed by atoms with Crippen molar-refractivity contribution in [2.24, 2.45) is 0 Å². The predicted octanol–water partition coefficient (Wildman–Crippen LogP) is 2.54. The lowest BCUT2D eigenvalue weighted by Crippen LogP contribution is -2.16. The van der Waals surface area contributed by atoms with Crippen molar-refractivity contribution in [3.8, 4) is 5.75 Å². The highest BCUT2D eigenvalue weighted by molar-refractivity contribution is 8.00. The van der Waals surface area contributed by atoms with Gasteiger partial charge < -0.3 is 15.2 Å². The largest absolute Gasteiger partial charge is 0.491 e. The standard InChI is InChI=1S/C14H19NO4S/c1-9(2)19-11-4-5-12(10(3)6-11)15-13(16)7-20-8-14(17)18/h4-6,9H,7-8H2,1-3H3,(H,15,16)(H,17,18). The van der Waals surface area contributed by atoms with Crippen LogP contribution in [0.2, 0.25) is 0 Å². The number of carboxylic acid groups (broad SMARTS) is 1. The Morgan fingerprint density at radius 1 is 1.35 bits per heavy atom. The van der Waals surface area contributed by atoms with E-state index in [1.165, 1.54) is 0 Å². The second-order valence-corrected chi connectivity index (χ2v) is 5.56. The number of aliphatic carboxylic acids is 1. The number of thioether (sulfide) groups is 1. The Morgan fingerprint density at radius 2 is 2.05 bits per heavy atom. The van der Waals surface area contributed by atoms with Crippen LogP contribution in [0.15, 0.2) is 18.2 Å². The molecule has 0 saturated heterocycles. The Labute approximate surface area is 122 Å². The minimum absolute atomic E-state index is 0.0758. The van der Waals surface area contributed by atoms with Gasteiger partial charge in [0.2, 0.25) is 5.91 Å². The highest BCUT2D eigenvalue weighted by Gasteiger charge is 2.08. The molecular formula is C14H19NO4S. The summed E-state index contributed by atoms with van der Waals surface area (Å²) in [6.45, 7) is 5.78. The van der Waals surface area contributed by atoms with Crippen molar-refractivity contribution < 1.29 is 19.4 Å². The molecule has 0 aliphatic carbocycles. The third-order valence-electron chi connectivity index (χ3n) is 2.30. The minimum atomic E-state index is -0.922. The number of hydrogen-bond acceptors (Lipinski definition) is 4. The molecule has 0 heterocycles. The Hall–Kier alpha value is -1.69. The van der Waals surface area contributed by atoms with Crippen LogP contribution in [0.4, 0.5) is 5.69 Å². The first-order chi connectivity index (χ1) is 9.38. The van der Waals surface area contributed by atoms with E-state index >= 15 is 0 Å². The second-order valence-electron chi connectivity index (χ2n) is 4.58. The molecular weight excluding hydrogens is 278 g/mol. The molecule has 6 heteroatoms. The number of aryl methyl sites for hydroxylation is 1. The van der Waals surface area contributed by atoms with Crippen molar-refractivity contribution >= 4 is 29.3 Å². The Morgan fingerprint density at radius 3 is 2.60 bits per heavy atom. The fourth-order valence-corrected chi connectivity index (χ4v) is 2.07. The summed E-state index contributed by atoms with van der Waals surface area (Å²) in [6, 6.07) is 5.44.